The highest BCUT2D eigenvalue weighted by Gasteiger charge is 2.19. The first-order chi connectivity index (χ1) is 7.65. The molecule has 1 aromatic rings. The van der Waals surface area contributed by atoms with E-state index >= 15 is 0 Å². The number of rotatable bonds is 5. The van der Waals surface area contributed by atoms with Gasteiger partial charge in [0.15, 0.2) is 5.13 Å². The Morgan fingerprint density at radius 3 is 2.62 bits per heavy atom. The van der Waals surface area contributed by atoms with Crippen LogP contribution in [-0.2, 0) is 6.54 Å². The fraction of sp³-hybridized carbons (Fsp3) is 0.750. The summed E-state index contributed by atoms with van der Waals surface area (Å²) in [6.45, 7) is 2.29. The normalized spacial score (nSPS) is 16.5. The molecule has 1 fully saturated rings. The van der Waals surface area contributed by atoms with Gasteiger partial charge in [-0.25, -0.2) is 4.98 Å². The summed E-state index contributed by atoms with van der Waals surface area (Å²) in [5.74, 6) is 0.950. The number of hydrogen-bond donors (Lipinski definition) is 0. The second kappa shape index (κ2) is 5.15. The van der Waals surface area contributed by atoms with Crippen LogP contribution in [0.5, 0.6) is 0 Å². The van der Waals surface area contributed by atoms with Gasteiger partial charge in [0.25, 0.3) is 0 Å². The van der Waals surface area contributed by atoms with Gasteiger partial charge in [-0.2, -0.15) is 0 Å². The zero-order valence-electron chi connectivity index (χ0n) is 10.4. The SMILES string of the molecule is CN(Cc1cnc(N(C)C)s1)CC1CCC1. The highest BCUT2D eigenvalue weighted by Crippen LogP contribution is 2.28. The van der Waals surface area contributed by atoms with E-state index in [9.17, 15) is 0 Å². The van der Waals surface area contributed by atoms with Crippen LogP contribution in [0.15, 0.2) is 6.20 Å². The van der Waals surface area contributed by atoms with Crippen molar-refractivity contribution in [1.82, 2.24) is 9.88 Å². The highest BCUT2D eigenvalue weighted by molar-refractivity contribution is 7.15. The van der Waals surface area contributed by atoms with Crippen molar-refractivity contribution in [3.63, 3.8) is 0 Å². The van der Waals surface area contributed by atoms with E-state index in [4.69, 9.17) is 0 Å². The standard InChI is InChI=1S/C12H21N3S/c1-14(2)12-13-7-11(16-12)9-15(3)8-10-5-4-6-10/h7,10H,4-6,8-9H2,1-3H3. The third-order valence-electron chi connectivity index (χ3n) is 3.14. The van der Waals surface area contributed by atoms with Crippen molar-refractivity contribution in [2.75, 3.05) is 32.6 Å². The van der Waals surface area contributed by atoms with Crippen molar-refractivity contribution in [3.05, 3.63) is 11.1 Å². The van der Waals surface area contributed by atoms with Gasteiger partial charge in [0, 0.05) is 38.3 Å². The molecule has 0 spiro atoms. The van der Waals surface area contributed by atoms with Crippen molar-refractivity contribution in [3.8, 4) is 0 Å². The van der Waals surface area contributed by atoms with Gasteiger partial charge in [-0.15, -0.1) is 11.3 Å². The largest absolute Gasteiger partial charge is 0.354 e. The molecule has 1 aromatic heterocycles. The van der Waals surface area contributed by atoms with Crippen LogP contribution in [0, 0.1) is 5.92 Å². The zero-order chi connectivity index (χ0) is 11.5. The van der Waals surface area contributed by atoms with Crippen molar-refractivity contribution < 1.29 is 0 Å². The first-order valence-electron chi connectivity index (χ1n) is 5.95. The van der Waals surface area contributed by atoms with Crippen molar-refractivity contribution >= 4 is 16.5 Å². The Morgan fingerprint density at radius 1 is 1.38 bits per heavy atom. The summed E-state index contributed by atoms with van der Waals surface area (Å²) in [7, 11) is 6.30. The molecule has 0 N–H and O–H groups in total. The van der Waals surface area contributed by atoms with Gasteiger partial charge in [0.2, 0.25) is 0 Å². The molecule has 0 aromatic carbocycles. The molecule has 1 saturated carbocycles. The van der Waals surface area contributed by atoms with E-state index in [1.807, 2.05) is 20.3 Å². The highest BCUT2D eigenvalue weighted by atomic mass is 32.1. The molecule has 0 unspecified atom stereocenters. The lowest BCUT2D eigenvalue weighted by molar-refractivity contribution is 0.201. The Bertz CT molecular complexity index is 331. The lowest BCUT2D eigenvalue weighted by atomic mass is 9.85. The van der Waals surface area contributed by atoms with Crippen LogP contribution in [0.1, 0.15) is 24.1 Å². The zero-order valence-corrected chi connectivity index (χ0v) is 11.3. The summed E-state index contributed by atoms with van der Waals surface area (Å²) >= 11 is 1.80. The molecule has 0 aliphatic heterocycles. The molecular formula is C12H21N3S. The third-order valence-corrected chi connectivity index (χ3v) is 4.29. The molecule has 2 rings (SSSR count). The fourth-order valence-corrected chi connectivity index (χ4v) is 2.94. The molecule has 90 valence electrons. The second-order valence-electron chi connectivity index (χ2n) is 5.00. The predicted octanol–water partition coefficient (Wildman–Crippen LogP) is 2.44. The van der Waals surface area contributed by atoms with Gasteiger partial charge in [-0.05, 0) is 25.8 Å². The van der Waals surface area contributed by atoms with Gasteiger partial charge in [0.05, 0.1) is 0 Å². The summed E-state index contributed by atoms with van der Waals surface area (Å²) < 4.78 is 0. The molecule has 16 heavy (non-hydrogen) atoms. The number of anilines is 1. The van der Waals surface area contributed by atoms with Gasteiger partial charge in [0.1, 0.15) is 0 Å². The smallest absolute Gasteiger partial charge is 0.185 e. The average molecular weight is 239 g/mol. The minimum atomic E-state index is 0.950. The first-order valence-corrected chi connectivity index (χ1v) is 6.77. The second-order valence-corrected chi connectivity index (χ2v) is 6.09. The molecule has 0 radical (unpaired) electrons. The number of hydrogen-bond acceptors (Lipinski definition) is 4. The van der Waals surface area contributed by atoms with E-state index in [2.05, 4.69) is 21.8 Å². The van der Waals surface area contributed by atoms with Crippen molar-refractivity contribution in [2.24, 2.45) is 5.92 Å². The number of aromatic nitrogens is 1. The van der Waals surface area contributed by atoms with E-state index in [-0.39, 0.29) is 0 Å². The van der Waals surface area contributed by atoms with Crippen LogP contribution in [0.3, 0.4) is 0 Å². The first kappa shape index (κ1) is 11.9. The van der Waals surface area contributed by atoms with Crippen LogP contribution < -0.4 is 4.90 Å². The van der Waals surface area contributed by atoms with Crippen LogP contribution in [0.2, 0.25) is 0 Å². The van der Waals surface area contributed by atoms with Crippen molar-refractivity contribution in [1.29, 1.82) is 0 Å². The van der Waals surface area contributed by atoms with E-state index in [1.54, 1.807) is 11.3 Å². The van der Waals surface area contributed by atoms with Gasteiger partial charge >= 0.3 is 0 Å². The van der Waals surface area contributed by atoms with Crippen LogP contribution >= 0.6 is 11.3 Å². The Kier molecular flexibility index (Phi) is 3.82. The van der Waals surface area contributed by atoms with E-state index < -0.39 is 0 Å². The minimum absolute atomic E-state index is 0.950. The van der Waals surface area contributed by atoms with Gasteiger partial charge in [-0.1, -0.05) is 6.42 Å². The number of nitrogens with zero attached hydrogens (tertiary/aromatic N) is 3. The Hall–Kier alpha value is -0.610. The summed E-state index contributed by atoms with van der Waals surface area (Å²) in [6, 6.07) is 0. The molecule has 4 heteroatoms. The molecule has 3 nitrogen and oxygen atoms in total. The monoisotopic (exact) mass is 239 g/mol. The predicted molar refractivity (Wildman–Crippen MR) is 70.1 cm³/mol. The Labute approximate surface area is 102 Å². The summed E-state index contributed by atoms with van der Waals surface area (Å²) in [6.07, 6.45) is 6.30. The molecular weight excluding hydrogens is 218 g/mol. The lowest BCUT2D eigenvalue weighted by Crippen LogP contribution is -2.28. The van der Waals surface area contributed by atoms with Crippen LogP contribution in [0.25, 0.3) is 0 Å². The van der Waals surface area contributed by atoms with Crippen LogP contribution in [0.4, 0.5) is 5.13 Å². The van der Waals surface area contributed by atoms with Crippen LogP contribution in [-0.4, -0.2) is 37.6 Å². The average Bonchev–Trinajstić information content (AvgIpc) is 2.60. The lowest BCUT2D eigenvalue weighted by Gasteiger charge is -2.29. The van der Waals surface area contributed by atoms with Crippen molar-refractivity contribution in [2.45, 2.75) is 25.8 Å². The van der Waals surface area contributed by atoms with E-state index in [1.165, 1.54) is 30.7 Å². The van der Waals surface area contributed by atoms with E-state index in [0.717, 1.165) is 17.6 Å². The molecule has 0 bridgehead atoms. The molecule has 0 amide bonds. The molecule has 1 aliphatic carbocycles. The summed E-state index contributed by atoms with van der Waals surface area (Å²) in [5.41, 5.74) is 0. The quantitative estimate of drug-likeness (QED) is 0.787. The Morgan fingerprint density at radius 2 is 2.12 bits per heavy atom. The summed E-state index contributed by atoms with van der Waals surface area (Å²) in [5, 5.41) is 1.10. The maximum absolute atomic E-state index is 4.40. The third kappa shape index (κ3) is 2.95. The molecule has 0 saturated heterocycles. The maximum Gasteiger partial charge on any atom is 0.185 e. The topological polar surface area (TPSA) is 19.4 Å². The minimum Gasteiger partial charge on any atom is -0.354 e. The molecule has 1 heterocycles. The van der Waals surface area contributed by atoms with Gasteiger partial charge in [-0.3, -0.25) is 0 Å². The fourth-order valence-electron chi connectivity index (χ4n) is 2.02. The summed E-state index contributed by atoms with van der Waals surface area (Å²) in [4.78, 5) is 10.3. The van der Waals surface area contributed by atoms with Gasteiger partial charge < -0.3 is 9.80 Å². The maximum atomic E-state index is 4.40. The van der Waals surface area contributed by atoms with E-state index in [0.29, 0.717) is 0 Å². The molecule has 0 atom stereocenters. The number of thiazole rings is 1. The Balaban J connectivity index is 1.82. The molecule has 1 aliphatic rings.